The zero-order valence-electron chi connectivity index (χ0n) is 33.4. The predicted octanol–water partition coefficient (Wildman–Crippen LogP) is 3.72. The minimum atomic E-state index is -1.00. The molecule has 13 nitrogen and oxygen atoms in total. The van der Waals surface area contributed by atoms with E-state index < -0.39 is 41.5 Å². The first kappa shape index (κ1) is 44.8. The Balaban J connectivity index is 0.000000282. The van der Waals surface area contributed by atoms with E-state index in [1.807, 2.05) is 42.5 Å². The van der Waals surface area contributed by atoms with Gasteiger partial charge in [-0.15, -0.1) is 0 Å². The fraction of sp³-hybridized carbons (Fsp3) is 0.283. The van der Waals surface area contributed by atoms with Gasteiger partial charge in [-0.3, -0.25) is 33.6 Å². The molecule has 6 N–H and O–H groups in total. The third kappa shape index (κ3) is 15.5. The van der Waals surface area contributed by atoms with Crippen molar-refractivity contribution in [2.45, 2.75) is 52.1 Å². The Kier molecular flexibility index (Phi) is 17.8. The molecule has 4 aromatic carbocycles. The van der Waals surface area contributed by atoms with Gasteiger partial charge in [0, 0.05) is 43.9 Å². The van der Waals surface area contributed by atoms with E-state index in [4.69, 9.17) is 5.73 Å². The van der Waals surface area contributed by atoms with Crippen LogP contribution in [0.1, 0.15) is 51.9 Å². The van der Waals surface area contributed by atoms with Crippen molar-refractivity contribution in [3.63, 3.8) is 0 Å². The SMILES string of the molecule is Cc1ccc(-c2ccc(C=O)cc2)cc1.Cc1ccccc1.NC(=O)C1CCNC(=O)/C=C/C(=O)N2CCCC(C2)C(=O)NCC(=O)NCc2ccccc2CC(=O)N1. The summed E-state index contributed by atoms with van der Waals surface area (Å²) in [7, 11) is 0. The summed E-state index contributed by atoms with van der Waals surface area (Å²) in [5.74, 6) is -3.33. The molecule has 59 heavy (non-hydrogen) atoms. The summed E-state index contributed by atoms with van der Waals surface area (Å²) >= 11 is 0. The number of fused-ring (bicyclic) bond motifs is 3. The summed E-state index contributed by atoms with van der Waals surface area (Å²) in [5.41, 5.74) is 12.4. The maximum Gasteiger partial charge on any atom is 0.246 e. The van der Waals surface area contributed by atoms with E-state index in [-0.39, 0.29) is 44.9 Å². The second-order valence-corrected chi connectivity index (χ2v) is 14.3. The van der Waals surface area contributed by atoms with Crippen LogP contribution >= 0.6 is 0 Å². The molecule has 1 fully saturated rings. The molecule has 0 spiro atoms. The van der Waals surface area contributed by atoms with Crippen LogP contribution in [0.2, 0.25) is 0 Å². The maximum absolute atomic E-state index is 12.6. The average molecular weight is 801 g/mol. The monoisotopic (exact) mass is 800 g/mol. The molecule has 2 heterocycles. The van der Waals surface area contributed by atoms with Gasteiger partial charge in [0.2, 0.25) is 35.4 Å². The Morgan fingerprint density at radius 3 is 1.95 bits per heavy atom. The lowest BCUT2D eigenvalue weighted by Gasteiger charge is -2.31. The number of hydrogen-bond donors (Lipinski definition) is 5. The van der Waals surface area contributed by atoms with Gasteiger partial charge in [-0.1, -0.05) is 114 Å². The van der Waals surface area contributed by atoms with Crippen molar-refractivity contribution < 1.29 is 33.6 Å². The summed E-state index contributed by atoms with van der Waals surface area (Å²) in [6.07, 6.45) is 4.28. The zero-order valence-corrected chi connectivity index (χ0v) is 33.4. The number of nitrogens with two attached hydrogens (primary N) is 1. The molecule has 2 bridgehead atoms. The normalized spacial score (nSPS) is 18.4. The second-order valence-electron chi connectivity index (χ2n) is 14.3. The molecule has 0 aromatic heterocycles. The molecule has 1 saturated heterocycles. The fourth-order valence-electron chi connectivity index (χ4n) is 6.25. The highest BCUT2D eigenvalue weighted by atomic mass is 16.2. The Hall–Kier alpha value is -6.89. The minimum absolute atomic E-state index is 0.0415. The van der Waals surface area contributed by atoms with E-state index >= 15 is 0 Å². The van der Waals surface area contributed by atoms with Crippen LogP contribution in [0.15, 0.2) is 115 Å². The molecule has 2 unspecified atom stereocenters. The van der Waals surface area contributed by atoms with Crippen molar-refractivity contribution in [2.75, 3.05) is 26.2 Å². The third-order valence-electron chi connectivity index (χ3n) is 9.63. The van der Waals surface area contributed by atoms with E-state index in [1.54, 1.807) is 24.3 Å². The fourth-order valence-corrected chi connectivity index (χ4v) is 6.25. The van der Waals surface area contributed by atoms with Crippen LogP contribution in [0, 0.1) is 19.8 Å². The second kappa shape index (κ2) is 23.4. The quantitative estimate of drug-likeness (QED) is 0.195. The first-order chi connectivity index (χ1) is 28.4. The number of hydrogen-bond acceptors (Lipinski definition) is 7. The molecule has 13 heteroatoms. The van der Waals surface area contributed by atoms with Crippen molar-refractivity contribution >= 4 is 41.7 Å². The van der Waals surface area contributed by atoms with E-state index in [9.17, 15) is 33.6 Å². The number of carbonyl (C=O) groups excluding carboxylic acids is 7. The first-order valence-electron chi connectivity index (χ1n) is 19.5. The van der Waals surface area contributed by atoms with Crippen LogP contribution in [0.5, 0.6) is 0 Å². The molecule has 2 atom stereocenters. The number of amides is 6. The molecular formula is C46H52N6O7. The van der Waals surface area contributed by atoms with Gasteiger partial charge in [0.1, 0.15) is 12.3 Å². The number of carbonyl (C=O) groups is 7. The molecule has 2 aliphatic rings. The highest BCUT2D eigenvalue weighted by molar-refractivity contribution is 5.97. The number of primary amides is 1. The zero-order chi connectivity index (χ0) is 42.6. The summed E-state index contributed by atoms with van der Waals surface area (Å²) < 4.78 is 0. The van der Waals surface area contributed by atoms with Crippen molar-refractivity contribution in [1.82, 2.24) is 26.2 Å². The maximum atomic E-state index is 12.6. The Labute approximate surface area is 344 Å². The van der Waals surface area contributed by atoms with E-state index in [1.165, 1.54) is 21.6 Å². The van der Waals surface area contributed by atoms with Crippen LogP contribution in [0.4, 0.5) is 0 Å². The van der Waals surface area contributed by atoms with Gasteiger partial charge in [0.05, 0.1) is 18.9 Å². The van der Waals surface area contributed by atoms with Gasteiger partial charge >= 0.3 is 0 Å². The highest BCUT2D eigenvalue weighted by Gasteiger charge is 2.28. The van der Waals surface area contributed by atoms with Crippen molar-refractivity contribution in [2.24, 2.45) is 11.7 Å². The number of aryl methyl sites for hydroxylation is 2. The minimum Gasteiger partial charge on any atom is -0.368 e. The number of benzene rings is 4. The molecule has 6 amide bonds. The molecular weight excluding hydrogens is 749 g/mol. The van der Waals surface area contributed by atoms with E-state index in [0.29, 0.717) is 36.1 Å². The topological polar surface area (TPSA) is 197 Å². The summed E-state index contributed by atoms with van der Waals surface area (Å²) in [4.78, 5) is 86.0. The van der Waals surface area contributed by atoms with Gasteiger partial charge in [0.15, 0.2) is 0 Å². The lowest BCUT2D eigenvalue weighted by Crippen LogP contribution is -2.47. The Morgan fingerprint density at radius 2 is 1.32 bits per heavy atom. The van der Waals surface area contributed by atoms with Crippen LogP contribution < -0.4 is 27.0 Å². The smallest absolute Gasteiger partial charge is 0.246 e. The standard InChI is InChI=1S/C25H32N6O6.C14H12O.C7H8/c26-24(36)19-9-10-27-20(32)7-8-23(35)31-11-3-6-18(15-31)25(37)29-14-22(34)28-13-17-5-2-1-4-16(17)12-21(33)30-19;1-11-2-6-13(7-3-11)14-8-4-12(10-15)5-9-14;1-7-5-3-2-4-6-7/h1-2,4-5,7-8,18-19H,3,6,9-15H2,(H2,26,36)(H,27,32)(H,28,34)(H,29,37)(H,30,33);2-10H,1H3;2-6H,1H3/b8-7+;;. The number of aldehydes is 1. The van der Waals surface area contributed by atoms with Crippen molar-refractivity contribution in [1.29, 1.82) is 0 Å². The number of rotatable bonds is 3. The summed E-state index contributed by atoms with van der Waals surface area (Å²) in [6, 6.07) is 32.2. The molecule has 308 valence electrons. The van der Waals surface area contributed by atoms with Crippen LogP contribution in [-0.2, 0) is 41.7 Å². The average Bonchev–Trinajstić information content (AvgIpc) is 3.24. The first-order valence-corrected chi connectivity index (χ1v) is 19.5. The number of nitrogens with zero attached hydrogens (tertiary/aromatic N) is 1. The van der Waals surface area contributed by atoms with Gasteiger partial charge in [0.25, 0.3) is 0 Å². The molecule has 0 aliphatic carbocycles. The van der Waals surface area contributed by atoms with Crippen LogP contribution in [-0.4, -0.2) is 78.9 Å². The van der Waals surface area contributed by atoms with E-state index in [2.05, 4.69) is 71.5 Å². The van der Waals surface area contributed by atoms with Gasteiger partial charge in [-0.2, -0.15) is 0 Å². The summed E-state index contributed by atoms with van der Waals surface area (Å²) in [5, 5.41) is 10.5. The van der Waals surface area contributed by atoms with Gasteiger partial charge < -0.3 is 31.9 Å². The molecule has 0 radical (unpaired) electrons. The van der Waals surface area contributed by atoms with Crippen molar-refractivity contribution in [3.05, 3.63) is 143 Å². The van der Waals surface area contributed by atoms with Gasteiger partial charge in [-0.05, 0) is 55.4 Å². The molecule has 2 aliphatic heterocycles. The highest BCUT2D eigenvalue weighted by Crippen LogP contribution is 2.20. The summed E-state index contributed by atoms with van der Waals surface area (Å²) in [6.45, 7) is 4.74. The van der Waals surface area contributed by atoms with Crippen LogP contribution in [0.25, 0.3) is 11.1 Å². The van der Waals surface area contributed by atoms with E-state index in [0.717, 1.165) is 24.0 Å². The molecule has 6 rings (SSSR count). The Morgan fingerprint density at radius 1 is 0.695 bits per heavy atom. The van der Waals surface area contributed by atoms with Gasteiger partial charge in [-0.25, -0.2) is 0 Å². The molecule has 0 saturated carbocycles. The lowest BCUT2D eigenvalue weighted by molar-refractivity contribution is -0.133. The lowest BCUT2D eigenvalue weighted by atomic mass is 9.97. The van der Waals surface area contributed by atoms with Crippen LogP contribution in [0.3, 0.4) is 0 Å². The third-order valence-corrected chi connectivity index (χ3v) is 9.63. The predicted molar refractivity (Wildman–Crippen MR) is 225 cm³/mol. The largest absolute Gasteiger partial charge is 0.368 e. The molecule has 4 aromatic rings. The Bertz CT molecular complexity index is 2090. The number of piperidine rings is 1. The number of nitrogens with one attached hydrogen (secondary N) is 4. The van der Waals surface area contributed by atoms with Crippen molar-refractivity contribution in [3.8, 4) is 11.1 Å².